The number of benzene rings is 4. The molecule has 1 heterocycles. The molecule has 1 atom stereocenters. The summed E-state index contributed by atoms with van der Waals surface area (Å²) in [5, 5.41) is 36.3. The van der Waals surface area contributed by atoms with E-state index in [4.69, 9.17) is 39.6 Å². The number of nitrogens with one attached hydrogen (secondary N) is 2. The van der Waals surface area contributed by atoms with E-state index in [1.54, 1.807) is 0 Å². The molecule has 0 aliphatic carbocycles. The summed E-state index contributed by atoms with van der Waals surface area (Å²) in [6.07, 6.45) is 3.40. The molecule has 306 valence electrons. The van der Waals surface area contributed by atoms with Gasteiger partial charge in [0.15, 0.2) is 0 Å². The van der Waals surface area contributed by atoms with Crippen molar-refractivity contribution in [1.82, 2.24) is 10.6 Å². The number of amides is 1. The zero-order valence-corrected chi connectivity index (χ0v) is 38.7. The molecule has 1 unspecified atom stereocenters. The summed E-state index contributed by atoms with van der Waals surface area (Å²) in [6.45, 7) is 14.5. The minimum atomic E-state index is -1.82. The highest BCUT2D eigenvalue weighted by Gasteiger charge is 2.21. The Kier molecular flexibility index (Phi) is 20.3. The standard InChI is InChI=1S/C19H21Br2NO.C19H21Br2N.2C2H2O4/c1-12-4-5-15(8-13(12)2)6-7-22-19(23)11-16-9-17(20)14(3)18(21)10-16;1-11-6-15-4-5-22-19(16(15)7-12(11)2)10-14-8-17(20)13(3)18(21)9-14;2*3-1(4)2(5)6/h4-5,8-10H,6-7,11H2,1-3H3,(H,22,23);6-9,19,22H,4-5,10H2,1-3H3;2*(H,3,4)(H,5,6). The van der Waals surface area contributed by atoms with E-state index in [-0.39, 0.29) is 5.91 Å². The number of aliphatic carboxylic acids is 4. The number of carbonyl (C=O) groups is 5. The molecule has 0 saturated heterocycles. The first kappa shape index (κ1) is 49.3. The summed E-state index contributed by atoms with van der Waals surface area (Å²) in [5.74, 6) is -7.24. The first-order chi connectivity index (χ1) is 26.6. The Balaban J connectivity index is 0.000000307. The predicted molar refractivity (Wildman–Crippen MR) is 234 cm³/mol. The maximum Gasteiger partial charge on any atom is 0.414 e. The summed E-state index contributed by atoms with van der Waals surface area (Å²) < 4.78 is 4.38. The average molecular weight is 1040 g/mol. The Labute approximate surface area is 366 Å². The van der Waals surface area contributed by atoms with Crippen LogP contribution in [-0.4, -0.2) is 63.3 Å². The van der Waals surface area contributed by atoms with Gasteiger partial charge in [-0.1, -0.05) is 94.1 Å². The van der Waals surface area contributed by atoms with Crippen LogP contribution in [0.1, 0.15) is 67.2 Å². The van der Waals surface area contributed by atoms with Gasteiger partial charge in [0.2, 0.25) is 5.91 Å². The lowest BCUT2D eigenvalue weighted by Gasteiger charge is -2.28. The van der Waals surface area contributed by atoms with E-state index < -0.39 is 23.9 Å². The van der Waals surface area contributed by atoms with Gasteiger partial charge in [0.1, 0.15) is 0 Å². The fourth-order valence-corrected chi connectivity index (χ4v) is 8.08. The van der Waals surface area contributed by atoms with Gasteiger partial charge in [-0.25, -0.2) is 19.2 Å². The van der Waals surface area contributed by atoms with Crippen LogP contribution in [0.2, 0.25) is 0 Å². The molecule has 15 heteroatoms. The van der Waals surface area contributed by atoms with Gasteiger partial charge in [0.05, 0.1) is 6.42 Å². The van der Waals surface area contributed by atoms with E-state index in [9.17, 15) is 4.79 Å². The maximum absolute atomic E-state index is 12.1. The number of halogens is 4. The number of fused-ring (bicyclic) bond motifs is 1. The average Bonchev–Trinajstić information content (AvgIpc) is 3.12. The molecule has 4 aromatic rings. The Morgan fingerprint density at radius 1 is 0.614 bits per heavy atom. The van der Waals surface area contributed by atoms with Crippen LogP contribution in [0.15, 0.2) is 72.5 Å². The fraction of sp³-hybridized carbons (Fsp3) is 0.310. The van der Waals surface area contributed by atoms with Gasteiger partial charge in [-0.15, -0.1) is 0 Å². The van der Waals surface area contributed by atoms with Crippen molar-refractivity contribution in [2.24, 2.45) is 0 Å². The van der Waals surface area contributed by atoms with E-state index in [1.165, 1.54) is 59.0 Å². The maximum atomic E-state index is 12.1. The number of carbonyl (C=O) groups excluding carboxylic acids is 1. The lowest BCUT2D eigenvalue weighted by atomic mass is 9.87. The Morgan fingerprint density at radius 3 is 1.54 bits per heavy atom. The SMILES string of the molecule is Cc1cc2c(cc1C)C(Cc1cc(Br)c(C)c(Br)c1)NCC2.Cc1ccc(CCNC(=O)Cc2cc(Br)c(C)c(Br)c2)cc1C.O=C(O)C(=O)O.O=C(O)C(=O)O. The van der Waals surface area contributed by atoms with Crippen molar-refractivity contribution in [3.63, 3.8) is 0 Å². The van der Waals surface area contributed by atoms with Crippen LogP contribution in [0, 0.1) is 41.5 Å². The highest BCUT2D eigenvalue weighted by molar-refractivity contribution is 9.11. The third-order valence-electron chi connectivity index (χ3n) is 9.08. The van der Waals surface area contributed by atoms with Crippen LogP contribution in [-0.2, 0) is 49.7 Å². The molecule has 0 fully saturated rings. The third-order valence-corrected chi connectivity index (χ3v) is 12.4. The molecule has 1 amide bonds. The highest BCUT2D eigenvalue weighted by atomic mass is 79.9. The molecule has 4 aromatic carbocycles. The van der Waals surface area contributed by atoms with Gasteiger partial charge in [0, 0.05) is 30.5 Å². The van der Waals surface area contributed by atoms with E-state index in [0.29, 0.717) is 19.0 Å². The topological polar surface area (TPSA) is 190 Å². The van der Waals surface area contributed by atoms with Crippen LogP contribution in [0.4, 0.5) is 0 Å². The van der Waals surface area contributed by atoms with Gasteiger partial charge < -0.3 is 31.1 Å². The van der Waals surface area contributed by atoms with Gasteiger partial charge in [0.25, 0.3) is 0 Å². The van der Waals surface area contributed by atoms with Crippen molar-refractivity contribution in [2.45, 2.75) is 73.3 Å². The van der Waals surface area contributed by atoms with E-state index in [2.05, 4.69) is 151 Å². The van der Waals surface area contributed by atoms with Crippen molar-refractivity contribution < 1.29 is 44.4 Å². The number of carboxylic acid groups (broad SMARTS) is 4. The molecule has 1 aliphatic rings. The quantitative estimate of drug-likeness (QED) is 0.0976. The predicted octanol–water partition coefficient (Wildman–Crippen LogP) is 8.92. The summed E-state index contributed by atoms with van der Waals surface area (Å²) in [5.41, 5.74) is 14.4. The summed E-state index contributed by atoms with van der Waals surface area (Å²) in [4.78, 5) is 48.5. The minimum Gasteiger partial charge on any atom is -0.473 e. The number of hydrogen-bond acceptors (Lipinski definition) is 6. The highest BCUT2D eigenvalue weighted by Crippen LogP contribution is 2.32. The molecule has 0 radical (unpaired) electrons. The van der Waals surface area contributed by atoms with Crippen LogP contribution in [0.3, 0.4) is 0 Å². The van der Waals surface area contributed by atoms with Crippen LogP contribution in [0.25, 0.3) is 0 Å². The van der Waals surface area contributed by atoms with E-state index in [0.717, 1.165) is 45.9 Å². The van der Waals surface area contributed by atoms with Crippen LogP contribution >= 0.6 is 63.7 Å². The molecule has 0 spiro atoms. The second kappa shape index (κ2) is 23.5. The molecule has 1 aliphatic heterocycles. The largest absolute Gasteiger partial charge is 0.473 e. The monoisotopic (exact) mass is 1040 g/mol. The van der Waals surface area contributed by atoms with Gasteiger partial charge >= 0.3 is 23.9 Å². The second-order valence-electron chi connectivity index (χ2n) is 13.4. The van der Waals surface area contributed by atoms with Crippen molar-refractivity contribution >= 4 is 93.5 Å². The molecule has 57 heavy (non-hydrogen) atoms. The summed E-state index contributed by atoms with van der Waals surface area (Å²) >= 11 is 14.4. The Hall–Kier alpha value is -3.89. The number of rotatable bonds is 7. The number of aryl methyl sites for hydroxylation is 4. The van der Waals surface area contributed by atoms with Crippen molar-refractivity contribution in [3.05, 3.63) is 134 Å². The fourth-order valence-electron chi connectivity index (χ4n) is 5.52. The van der Waals surface area contributed by atoms with Gasteiger partial charge in [-0.05, 0) is 153 Å². The van der Waals surface area contributed by atoms with Gasteiger partial charge in [-0.2, -0.15) is 0 Å². The number of carboxylic acids is 4. The first-order valence-corrected chi connectivity index (χ1v) is 20.8. The van der Waals surface area contributed by atoms with Crippen molar-refractivity contribution in [2.75, 3.05) is 13.1 Å². The summed E-state index contributed by atoms with van der Waals surface area (Å²) in [6, 6.07) is 20.1. The molecule has 0 bridgehead atoms. The van der Waals surface area contributed by atoms with Crippen molar-refractivity contribution in [3.8, 4) is 0 Å². The molecule has 5 rings (SSSR count). The molecular weight excluding hydrogens is 996 g/mol. The normalized spacial score (nSPS) is 12.6. The first-order valence-electron chi connectivity index (χ1n) is 17.6. The molecule has 6 N–H and O–H groups in total. The number of hydrogen-bond donors (Lipinski definition) is 6. The van der Waals surface area contributed by atoms with Crippen LogP contribution < -0.4 is 10.6 Å². The van der Waals surface area contributed by atoms with E-state index >= 15 is 0 Å². The zero-order chi connectivity index (χ0) is 43.1. The van der Waals surface area contributed by atoms with E-state index in [1.807, 2.05) is 19.1 Å². The zero-order valence-electron chi connectivity index (χ0n) is 32.4. The molecule has 0 saturated carbocycles. The van der Waals surface area contributed by atoms with Crippen LogP contribution in [0.5, 0.6) is 0 Å². The molecule has 0 aromatic heterocycles. The van der Waals surface area contributed by atoms with Gasteiger partial charge in [-0.3, -0.25) is 4.79 Å². The Bertz CT molecular complexity index is 2030. The Morgan fingerprint density at radius 2 is 1.07 bits per heavy atom. The molecular formula is C42H46Br4N2O9. The lowest BCUT2D eigenvalue weighted by molar-refractivity contribution is -0.159. The smallest absolute Gasteiger partial charge is 0.414 e. The minimum absolute atomic E-state index is 0.0523. The third kappa shape index (κ3) is 16.5. The summed E-state index contributed by atoms with van der Waals surface area (Å²) in [7, 11) is 0. The lowest BCUT2D eigenvalue weighted by Crippen LogP contribution is -2.31. The second-order valence-corrected chi connectivity index (χ2v) is 16.8. The molecule has 11 nitrogen and oxygen atoms in total. The van der Waals surface area contributed by atoms with Crippen molar-refractivity contribution in [1.29, 1.82) is 0 Å².